The molecule has 3 rings (SSSR count). The van der Waals surface area contributed by atoms with Crippen LogP contribution in [0.25, 0.3) is 11.4 Å². The summed E-state index contributed by atoms with van der Waals surface area (Å²) < 4.78 is 5.34. The number of hydrogen-bond donors (Lipinski definition) is 1. The summed E-state index contributed by atoms with van der Waals surface area (Å²) in [6, 6.07) is 7.57. The molecule has 0 atom stereocenters. The summed E-state index contributed by atoms with van der Waals surface area (Å²) >= 11 is 7.55. The number of aromatic amines is 1. The smallest absolute Gasteiger partial charge is 0.208 e. The normalized spacial score (nSPS) is 16.2. The molecule has 5 nitrogen and oxygen atoms in total. The highest BCUT2D eigenvalue weighted by Gasteiger charge is 2.11. The number of benzene rings is 1. The lowest BCUT2D eigenvalue weighted by Gasteiger charge is -2.25. The second kappa shape index (κ2) is 7.26. The first-order valence-electron chi connectivity index (χ1n) is 6.92. The number of halogens is 1. The summed E-state index contributed by atoms with van der Waals surface area (Å²) in [4.78, 5) is 6.91. The largest absolute Gasteiger partial charge is 0.379 e. The Hall–Kier alpha value is -1.08. The van der Waals surface area contributed by atoms with Crippen LogP contribution in [0.4, 0.5) is 0 Å². The number of thioether (sulfide) groups is 1. The summed E-state index contributed by atoms with van der Waals surface area (Å²) in [7, 11) is 0. The number of ether oxygens (including phenoxy) is 1. The minimum atomic E-state index is 0.721. The van der Waals surface area contributed by atoms with Crippen LogP contribution in [-0.4, -0.2) is 58.7 Å². The molecule has 0 radical (unpaired) electrons. The van der Waals surface area contributed by atoms with Gasteiger partial charge in [-0.25, -0.2) is 4.98 Å². The van der Waals surface area contributed by atoms with Crippen molar-refractivity contribution in [3.05, 3.63) is 29.3 Å². The van der Waals surface area contributed by atoms with Gasteiger partial charge in [-0.2, -0.15) is 0 Å². The Balaban J connectivity index is 1.51. The molecule has 1 aromatic heterocycles. The van der Waals surface area contributed by atoms with Crippen LogP contribution in [0, 0.1) is 0 Å². The number of nitrogens with zero attached hydrogens (tertiary/aromatic N) is 3. The lowest BCUT2D eigenvalue weighted by molar-refractivity contribution is 0.0410. The molecule has 0 bridgehead atoms. The van der Waals surface area contributed by atoms with Crippen molar-refractivity contribution in [3.63, 3.8) is 0 Å². The van der Waals surface area contributed by atoms with Gasteiger partial charge >= 0.3 is 0 Å². The van der Waals surface area contributed by atoms with Crippen LogP contribution < -0.4 is 0 Å². The van der Waals surface area contributed by atoms with Crippen molar-refractivity contribution in [1.29, 1.82) is 0 Å². The highest BCUT2D eigenvalue weighted by atomic mass is 35.5. The molecule has 1 fully saturated rings. The Morgan fingerprint density at radius 3 is 2.76 bits per heavy atom. The van der Waals surface area contributed by atoms with E-state index in [-0.39, 0.29) is 0 Å². The van der Waals surface area contributed by atoms with Crippen molar-refractivity contribution in [2.75, 3.05) is 38.6 Å². The number of hydrogen-bond acceptors (Lipinski definition) is 5. The Morgan fingerprint density at radius 2 is 2.00 bits per heavy atom. The fourth-order valence-electron chi connectivity index (χ4n) is 2.14. The maximum Gasteiger partial charge on any atom is 0.208 e. The predicted octanol–water partition coefficient (Wildman–Crippen LogP) is 2.55. The van der Waals surface area contributed by atoms with E-state index in [0.717, 1.165) is 60.2 Å². The van der Waals surface area contributed by atoms with Crippen molar-refractivity contribution in [1.82, 2.24) is 20.1 Å². The molecule has 1 aliphatic heterocycles. The Kier molecular flexibility index (Phi) is 5.13. The molecule has 21 heavy (non-hydrogen) atoms. The van der Waals surface area contributed by atoms with Gasteiger partial charge < -0.3 is 4.74 Å². The molecule has 0 aliphatic carbocycles. The fraction of sp³-hybridized carbons (Fsp3) is 0.429. The molecule has 1 saturated heterocycles. The Morgan fingerprint density at radius 1 is 1.24 bits per heavy atom. The van der Waals surface area contributed by atoms with Crippen LogP contribution in [0.15, 0.2) is 29.4 Å². The van der Waals surface area contributed by atoms with Crippen LogP contribution in [0.3, 0.4) is 0 Å². The van der Waals surface area contributed by atoms with Crippen LogP contribution in [0.2, 0.25) is 5.02 Å². The first kappa shape index (κ1) is 14.8. The molecular weight excluding hydrogens is 308 g/mol. The fourth-order valence-corrected chi connectivity index (χ4v) is 3.06. The molecule has 1 N–H and O–H groups in total. The zero-order valence-corrected chi connectivity index (χ0v) is 13.2. The lowest BCUT2D eigenvalue weighted by Crippen LogP contribution is -2.37. The van der Waals surface area contributed by atoms with Crippen LogP contribution in [0.5, 0.6) is 0 Å². The van der Waals surface area contributed by atoms with Crippen LogP contribution in [-0.2, 0) is 4.74 Å². The molecule has 0 saturated carbocycles. The molecule has 0 spiro atoms. The van der Waals surface area contributed by atoms with Crippen molar-refractivity contribution in [2.24, 2.45) is 0 Å². The van der Waals surface area contributed by atoms with E-state index in [1.54, 1.807) is 11.8 Å². The van der Waals surface area contributed by atoms with E-state index in [4.69, 9.17) is 16.3 Å². The molecule has 112 valence electrons. The third-order valence-corrected chi connectivity index (χ3v) is 4.40. The number of H-pyrrole nitrogens is 1. The SMILES string of the molecule is Clc1ccc(-c2nc(SCCN3CCOCC3)n[nH]2)cc1. The van der Waals surface area contributed by atoms with E-state index in [0.29, 0.717) is 0 Å². The molecule has 0 unspecified atom stereocenters. The highest BCUT2D eigenvalue weighted by molar-refractivity contribution is 7.99. The average molecular weight is 325 g/mol. The monoisotopic (exact) mass is 324 g/mol. The van der Waals surface area contributed by atoms with Gasteiger partial charge in [0, 0.05) is 36.0 Å². The molecule has 7 heteroatoms. The van der Waals surface area contributed by atoms with E-state index in [2.05, 4.69) is 20.1 Å². The number of aromatic nitrogens is 3. The molecule has 2 heterocycles. The standard InChI is InChI=1S/C14H17ClN4OS/c15-12-3-1-11(2-4-12)13-16-14(18-17-13)21-10-7-19-5-8-20-9-6-19/h1-4H,5-10H2,(H,16,17,18). The van der Waals surface area contributed by atoms with E-state index in [1.165, 1.54) is 0 Å². The van der Waals surface area contributed by atoms with Gasteiger partial charge in [-0.15, -0.1) is 5.10 Å². The molecule has 2 aromatic rings. The summed E-state index contributed by atoms with van der Waals surface area (Å²) in [5, 5.41) is 8.73. The van der Waals surface area contributed by atoms with Gasteiger partial charge in [-0.3, -0.25) is 10.00 Å². The number of rotatable bonds is 5. The van der Waals surface area contributed by atoms with Gasteiger partial charge in [0.15, 0.2) is 5.82 Å². The Bertz CT molecular complexity index is 569. The third kappa shape index (κ3) is 4.20. The summed E-state index contributed by atoms with van der Waals surface area (Å²) in [5.41, 5.74) is 0.993. The zero-order valence-electron chi connectivity index (χ0n) is 11.6. The number of nitrogens with one attached hydrogen (secondary N) is 1. The molecule has 1 aromatic carbocycles. The summed E-state index contributed by atoms with van der Waals surface area (Å²) in [6.07, 6.45) is 0. The highest BCUT2D eigenvalue weighted by Crippen LogP contribution is 2.21. The maximum absolute atomic E-state index is 5.88. The van der Waals surface area contributed by atoms with Crippen LogP contribution >= 0.6 is 23.4 Å². The molecule has 0 amide bonds. The third-order valence-electron chi connectivity index (χ3n) is 3.32. The summed E-state index contributed by atoms with van der Waals surface area (Å²) in [5.74, 6) is 1.76. The average Bonchev–Trinajstić information content (AvgIpc) is 2.98. The van der Waals surface area contributed by atoms with Gasteiger partial charge in [0.05, 0.1) is 13.2 Å². The van der Waals surface area contributed by atoms with Gasteiger partial charge in [0.25, 0.3) is 0 Å². The molecular formula is C14H17ClN4OS. The second-order valence-electron chi connectivity index (χ2n) is 4.78. The second-order valence-corrected chi connectivity index (χ2v) is 6.27. The lowest BCUT2D eigenvalue weighted by atomic mass is 10.2. The van der Waals surface area contributed by atoms with Crippen molar-refractivity contribution < 1.29 is 4.74 Å². The van der Waals surface area contributed by atoms with Gasteiger partial charge in [-0.05, 0) is 24.3 Å². The van der Waals surface area contributed by atoms with Gasteiger partial charge in [0.1, 0.15) is 0 Å². The Labute approximate surface area is 133 Å². The minimum Gasteiger partial charge on any atom is -0.379 e. The first-order valence-corrected chi connectivity index (χ1v) is 8.29. The van der Waals surface area contributed by atoms with Crippen molar-refractivity contribution >= 4 is 23.4 Å². The van der Waals surface area contributed by atoms with Crippen molar-refractivity contribution in [3.8, 4) is 11.4 Å². The summed E-state index contributed by atoms with van der Waals surface area (Å²) in [6.45, 7) is 4.76. The maximum atomic E-state index is 5.88. The molecule has 1 aliphatic rings. The zero-order chi connectivity index (χ0) is 14.5. The van der Waals surface area contributed by atoms with Gasteiger partial charge in [0.2, 0.25) is 5.16 Å². The van der Waals surface area contributed by atoms with E-state index < -0.39 is 0 Å². The van der Waals surface area contributed by atoms with Crippen molar-refractivity contribution in [2.45, 2.75) is 5.16 Å². The first-order chi connectivity index (χ1) is 10.3. The van der Waals surface area contributed by atoms with Gasteiger partial charge in [-0.1, -0.05) is 23.4 Å². The predicted molar refractivity (Wildman–Crippen MR) is 84.8 cm³/mol. The quantitative estimate of drug-likeness (QED) is 0.857. The van der Waals surface area contributed by atoms with E-state index in [9.17, 15) is 0 Å². The minimum absolute atomic E-state index is 0.721. The van der Waals surface area contributed by atoms with E-state index in [1.807, 2.05) is 24.3 Å². The van der Waals surface area contributed by atoms with E-state index >= 15 is 0 Å². The number of morpholine rings is 1. The topological polar surface area (TPSA) is 54.0 Å². The van der Waals surface area contributed by atoms with Crippen LogP contribution in [0.1, 0.15) is 0 Å².